The Morgan fingerprint density at radius 3 is 2.85 bits per heavy atom. The number of hydrogen-bond acceptors (Lipinski definition) is 8. The second-order valence-corrected chi connectivity index (χ2v) is 6.42. The summed E-state index contributed by atoms with van der Waals surface area (Å²) in [5.41, 5.74) is 3.84. The Morgan fingerprint density at radius 1 is 1.19 bits per heavy atom. The number of nitrogens with zero attached hydrogens (tertiary/aromatic N) is 6. The molecular formula is C17H12N6O2S. The average Bonchev–Trinajstić information content (AvgIpc) is 3.40. The summed E-state index contributed by atoms with van der Waals surface area (Å²) < 4.78 is 12.7. The van der Waals surface area contributed by atoms with E-state index in [1.54, 1.807) is 16.1 Å². The molecule has 5 aromatic rings. The molecule has 0 amide bonds. The molecular weight excluding hydrogens is 352 g/mol. The minimum atomic E-state index is 0.340. The van der Waals surface area contributed by atoms with Crippen molar-refractivity contribution in [1.29, 1.82) is 0 Å². The van der Waals surface area contributed by atoms with E-state index in [0.717, 1.165) is 16.5 Å². The highest BCUT2D eigenvalue weighted by molar-refractivity contribution is 7.07. The zero-order chi connectivity index (χ0) is 17.5. The SMILES string of the molecule is Cc1cc(-c2nnc3c4ccccc4c(OCc4cscn4)nn23)no1. The molecule has 0 fully saturated rings. The molecule has 1 aromatic carbocycles. The number of aryl methyl sites for hydroxylation is 1. The third-order valence-corrected chi connectivity index (χ3v) is 4.56. The van der Waals surface area contributed by atoms with Gasteiger partial charge < -0.3 is 9.26 Å². The Balaban J connectivity index is 1.69. The highest BCUT2D eigenvalue weighted by Gasteiger charge is 2.18. The molecule has 0 saturated carbocycles. The van der Waals surface area contributed by atoms with Crippen molar-refractivity contribution >= 4 is 27.8 Å². The van der Waals surface area contributed by atoms with Crippen molar-refractivity contribution < 1.29 is 9.26 Å². The van der Waals surface area contributed by atoms with E-state index in [4.69, 9.17) is 9.26 Å². The van der Waals surface area contributed by atoms with Gasteiger partial charge >= 0.3 is 0 Å². The molecule has 4 heterocycles. The zero-order valence-corrected chi connectivity index (χ0v) is 14.5. The van der Waals surface area contributed by atoms with Crippen molar-refractivity contribution in [3.05, 3.63) is 52.7 Å². The monoisotopic (exact) mass is 364 g/mol. The Labute approximate surface area is 151 Å². The summed E-state index contributed by atoms with van der Waals surface area (Å²) in [5.74, 6) is 1.68. The van der Waals surface area contributed by atoms with E-state index in [1.165, 1.54) is 11.3 Å². The smallest absolute Gasteiger partial charge is 0.240 e. The molecule has 0 atom stereocenters. The van der Waals surface area contributed by atoms with Crippen LogP contribution < -0.4 is 4.74 Å². The number of rotatable bonds is 4. The molecule has 0 unspecified atom stereocenters. The van der Waals surface area contributed by atoms with Gasteiger partial charge in [0.1, 0.15) is 12.4 Å². The molecule has 0 aliphatic heterocycles. The Morgan fingerprint density at radius 2 is 2.08 bits per heavy atom. The third kappa shape index (κ3) is 2.40. The van der Waals surface area contributed by atoms with Gasteiger partial charge in [-0.2, -0.15) is 4.52 Å². The van der Waals surface area contributed by atoms with Crippen molar-refractivity contribution in [3.63, 3.8) is 0 Å². The van der Waals surface area contributed by atoms with Crippen LogP contribution in [0.3, 0.4) is 0 Å². The fourth-order valence-corrected chi connectivity index (χ4v) is 3.28. The number of ether oxygens (including phenoxy) is 1. The lowest BCUT2D eigenvalue weighted by Gasteiger charge is -2.08. The van der Waals surface area contributed by atoms with Gasteiger partial charge in [0.2, 0.25) is 11.7 Å². The quantitative estimate of drug-likeness (QED) is 0.483. The van der Waals surface area contributed by atoms with Gasteiger partial charge in [-0.05, 0) is 13.0 Å². The van der Waals surface area contributed by atoms with Crippen molar-refractivity contribution in [2.45, 2.75) is 13.5 Å². The van der Waals surface area contributed by atoms with Crippen LogP contribution in [-0.2, 0) is 6.61 Å². The molecule has 0 bridgehead atoms. The predicted molar refractivity (Wildman–Crippen MR) is 95.0 cm³/mol. The molecule has 0 aliphatic rings. The number of fused-ring (bicyclic) bond motifs is 3. The molecule has 0 spiro atoms. The molecule has 8 nitrogen and oxygen atoms in total. The Kier molecular flexibility index (Phi) is 3.39. The first-order valence-electron chi connectivity index (χ1n) is 7.87. The first kappa shape index (κ1) is 15.0. The van der Waals surface area contributed by atoms with Crippen LogP contribution in [0.4, 0.5) is 0 Å². The van der Waals surface area contributed by atoms with Crippen molar-refractivity contribution in [3.8, 4) is 17.4 Å². The molecule has 128 valence electrons. The topological polar surface area (TPSA) is 91.2 Å². The van der Waals surface area contributed by atoms with E-state index in [1.807, 2.05) is 36.6 Å². The second-order valence-electron chi connectivity index (χ2n) is 5.70. The van der Waals surface area contributed by atoms with E-state index < -0.39 is 0 Å². The van der Waals surface area contributed by atoms with Gasteiger partial charge in [0.05, 0.1) is 11.2 Å². The average molecular weight is 364 g/mol. The molecule has 0 saturated heterocycles. The minimum Gasteiger partial charge on any atom is -0.470 e. The fourth-order valence-electron chi connectivity index (χ4n) is 2.74. The lowest BCUT2D eigenvalue weighted by Crippen LogP contribution is -2.03. The van der Waals surface area contributed by atoms with Crippen LogP contribution in [-0.4, -0.2) is 30.0 Å². The lowest BCUT2D eigenvalue weighted by molar-refractivity contribution is 0.290. The van der Waals surface area contributed by atoms with Gasteiger partial charge in [0, 0.05) is 22.2 Å². The number of benzene rings is 1. The van der Waals surface area contributed by atoms with Crippen LogP contribution in [0.1, 0.15) is 11.5 Å². The second kappa shape index (κ2) is 5.88. The van der Waals surface area contributed by atoms with Crippen LogP contribution in [0.2, 0.25) is 0 Å². The maximum Gasteiger partial charge on any atom is 0.240 e. The first-order chi connectivity index (χ1) is 12.8. The zero-order valence-electron chi connectivity index (χ0n) is 13.7. The highest BCUT2D eigenvalue weighted by Crippen LogP contribution is 2.29. The van der Waals surface area contributed by atoms with Crippen LogP contribution >= 0.6 is 11.3 Å². The summed E-state index contributed by atoms with van der Waals surface area (Å²) in [6.45, 7) is 2.16. The van der Waals surface area contributed by atoms with E-state index in [-0.39, 0.29) is 0 Å². The molecule has 26 heavy (non-hydrogen) atoms. The molecule has 9 heteroatoms. The van der Waals surface area contributed by atoms with E-state index >= 15 is 0 Å². The van der Waals surface area contributed by atoms with Gasteiger partial charge in [0.15, 0.2) is 11.3 Å². The predicted octanol–water partition coefficient (Wildman–Crippen LogP) is 3.28. The van der Waals surface area contributed by atoms with Crippen LogP contribution in [0, 0.1) is 6.92 Å². The minimum absolute atomic E-state index is 0.340. The Hall–Kier alpha value is -3.33. The summed E-state index contributed by atoms with van der Waals surface area (Å²) in [6, 6.07) is 9.60. The summed E-state index contributed by atoms with van der Waals surface area (Å²) in [4.78, 5) is 4.24. The highest BCUT2D eigenvalue weighted by atomic mass is 32.1. The van der Waals surface area contributed by atoms with Gasteiger partial charge in [0.25, 0.3) is 0 Å². The maximum absolute atomic E-state index is 5.95. The molecule has 0 aliphatic carbocycles. The third-order valence-electron chi connectivity index (χ3n) is 3.93. The standard InChI is InChI=1S/C17H12N6O2S/c1-10-6-14(22-25-10)16-20-19-15-12-4-2-3-5-13(12)17(21-23(15)16)24-7-11-8-26-9-18-11/h2-6,8-9H,7H2,1H3. The van der Waals surface area contributed by atoms with Crippen LogP contribution in [0.25, 0.3) is 27.9 Å². The van der Waals surface area contributed by atoms with Crippen molar-refractivity contribution in [2.75, 3.05) is 0 Å². The number of thiazole rings is 1. The maximum atomic E-state index is 5.95. The summed E-state index contributed by atoms with van der Waals surface area (Å²) >= 11 is 1.53. The normalized spacial score (nSPS) is 11.4. The van der Waals surface area contributed by atoms with Gasteiger partial charge in [-0.1, -0.05) is 23.4 Å². The molecule has 0 radical (unpaired) electrons. The first-order valence-corrected chi connectivity index (χ1v) is 8.81. The molecule has 5 rings (SSSR count). The number of aromatic nitrogens is 6. The lowest BCUT2D eigenvalue weighted by atomic mass is 10.2. The molecule has 4 aromatic heterocycles. The summed E-state index contributed by atoms with van der Waals surface area (Å²) in [6.07, 6.45) is 0. The van der Waals surface area contributed by atoms with E-state index in [9.17, 15) is 0 Å². The van der Waals surface area contributed by atoms with Crippen molar-refractivity contribution in [2.24, 2.45) is 0 Å². The number of hydrogen-bond donors (Lipinski definition) is 0. The van der Waals surface area contributed by atoms with Gasteiger partial charge in [-0.15, -0.1) is 26.6 Å². The van der Waals surface area contributed by atoms with Crippen molar-refractivity contribution in [1.82, 2.24) is 30.0 Å². The van der Waals surface area contributed by atoms with E-state index in [0.29, 0.717) is 35.4 Å². The van der Waals surface area contributed by atoms with E-state index in [2.05, 4.69) is 25.4 Å². The summed E-state index contributed by atoms with van der Waals surface area (Å²) in [5, 5.41) is 20.9. The largest absolute Gasteiger partial charge is 0.470 e. The Bertz CT molecular complexity index is 1210. The molecule has 0 N–H and O–H groups in total. The van der Waals surface area contributed by atoms with Gasteiger partial charge in [-0.25, -0.2) is 4.98 Å². The van der Waals surface area contributed by atoms with Crippen LogP contribution in [0.15, 0.2) is 45.7 Å². The fraction of sp³-hybridized carbons (Fsp3) is 0.118. The summed E-state index contributed by atoms with van der Waals surface area (Å²) in [7, 11) is 0. The van der Waals surface area contributed by atoms with Gasteiger partial charge in [-0.3, -0.25) is 0 Å². The van der Waals surface area contributed by atoms with Crippen LogP contribution in [0.5, 0.6) is 5.88 Å².